The Balaban J connectivity index is 2.33. The second-order valence-corrected chi connectivity index (χ2v) is 5.25. The predicted octanol–water partition coefficient (Wildman–Crippen LogP) is 1.18. The molecule has 0 unspecified atom stereocenters. The molecule has 0 bridgehead atoms. The Kier molecular flexibility index (Phi) is 7.22. The molecule has 0 radical (unpaired) electrons. The molecule has 0 aromatic heterocycles. The molecule has 5 nitrogen and oxygen atoms in total. The highest BCUT2D eigenvalue weighted by Gasteiger charge is 2.13. The third-order valence-corrected chi connectivity index (χ3v) is 3.11. The minimum absolute atomic E-state index is 0.000382. The summed E-state index contributed by atoms with van der Waals surface area (Å²) in [5.74, 6) is -0.161. The van der Waals surface area contributed by atoms with Crippen LogP contribution >= 0.6 is 0 Å². The van der Waals surface area contributed by atoms with Crippen LogP contribution in [0, 0.1) is 0 Å². The quantitative estimate of drug-likeness (QED) is 0.624. The molecule has 5 heteroatoms. The molecule has 0 fully saturated rings. The molecular formula is C15H25N3O2. The molecule has 0 saturated carbocycles. The van der Waals surface area contributed by atoms with E-state index in [9.17, 15) is 4.79 Å². The van der Waals surface area contributed by atoms with Crippen LogP contribution in [-0.4, -0.2) is 42.6 Å². The number of anilines is 1. The fourth-order valence-electron chi connectivity index (χ4n) is 1.85. The maximum atomic E-state index is 11.9. The number of rotatable bonds is 8. The normalized spacial score (nSPS) is 12.4. The van der Waals surface area contributed by atoms with Crippen molar-refractivity contribution in [3.8, 4) is 0 Å². The van der Waals surface area contributed by atoms with Crippen LogP contribution in [-0.2, 0) is 11.4 Å². The molecule has 20 heavy (non-hydrogen) atoms. The molecule has 1 amide bonds. The number of carbonyl (C=O) groups is 1. The zero-order valence-corrected chi connectivity index (χ0v) is 12.3. The second-order valence-electron chi connectivity index (χ2n) is 5.25. The van der Waals surface area contributed by atoms with Gasteiger partial charge in [0.15, 0.2) is 0 Å². The summed E-state index contributed by atoms with van der Waals surface area (Å²) in [4.78, 5) is 14.0. The molecule has 1 aromatic rings. The second kappa shape index (κ2) is 8.68. The maximum absolute atomic E-state index is 11.9. The number of carbonyl (C=O) groups excluding carboxylic acids is 1. The van der Waals surface area contributed by atoms with Crippen LogP contribution in [0.1, 0.15) is 24.8 Å². The first-order valence-corrected chi connectivity index (χ1v) is 6.94. The largest absolute Gasteiger partial charge is 0.392 e. The first-order valence-electron chi connectivity index (χ1n) is 6.94. The van der Waals surface area contributed by atoms with Crippen molar-refractivity contribution in [2.75, 3.05) is 26.0 Å². The summed E-state index contributed by atoms with van der Waals surface area (Å²) in [6, 6.07) is 6.61. The molecule has 0 spiro atoms. The van der Waals surface area contributed by atoms with E-state index < -0.39 is 6.04 Å². The zero-order chi connectivity index (χ0) is 15.0. The first kappa shape index (κ1) is 16.6. The highest BCUT2D eigenvalue weighted by atomic mass is 16.3. The molecule has 112 valence electrons. The SMILES string of the molecule is CN(C)CCCC[C@H](N)C(=O)Nc1ccc(CO)cc1. The number of benzene rings is 1. The summed E-state index contributed by atoms with van der Waals surface area (Å²) in [6.07, 6.45) is 2.67. The van der Waals surface area contributed by atoms with E-state index in [-0.39, 0.29) is 12.5 Å². The maximum Gasteiger partial charge on any atom is 0.241 e. The fraction of sp³-hybridized carbons (Fsp3) is 0.533. The molecule has 1 atom stereocenters. The monoisotopic (exact) mass is 279 g/mol. The van der Waals surface area contributed by atoms with Crippen LogP contribution in [0.4, 0.5) is 5.69 Å². The van der Waals surface area contributed by atoms with Crippen LogP contribution in [0.25, 0.3) is 0 Å². The van der Waals surface area contributed by atoms with Crippen molar-refractivity contribution in [1.29, 1.82) is 0 Å². The molecule has 1 rings (SSSR count). The van der Waals surface area contributed by atoms with Crippen LogP contribution in [0.15, 0.2) is 24.3 Å². The van der Waals surface area contributed by atoms with Gasteiger partial charge in [0.1, 0.15) is 0 Å². The standard InChI is InChI=1S/C15H25N3O2/c1-18(2)10-4-3-5-14(16)15(20)17-13-8-6-12(11-19)7-9-13/h6-9,14,19H,3-5,10-11,16H2,1-2H3,(H,17,20)/t14-/m0/s1. The molecule has 0 heterocycles. The van der Waals surface area contributed by atoms with Gasteiger partial charge in [-0.25, -0.2) is 0 Å². The zero-order valence-electron chi connectivity index (χ0n) is 12.3. The van der Waals surface area contributed by atoms with E-state index in [2.05, 4.69) is 10.2 Å². The number of nitrogens with zero attached hydrogens (tertiary/aromatic N) is 1. The summed E-state index contributed by atoms with van der Waals surface area (Å²) in [7, 11) is 4.06. The number of hydrogen-bond acceptors (Lipinski definition) is 4. The lowest BCUT2D eigenvalue weighted by Crippen LogP contribution is -2.35. The molecule has 4 N–H and O–H groups in total. The average molecular weight is 279 g/mol. The van der Waals surface area contributed by atoms with E-state index in [0.29, 0.717) is 12.1 Å². The van der Waals surface area contributed by atoms with Crippen molar-refractivity contribution in [2.45, 2.75) is 31.9 Å². The van der Waals surface area contributed by atoms with Gasteiger partial charge in [-0.1, -0.05) is 18.6 Å². The van der Waals surface area contributed by atoms with Crippen LogP contribution < -0.4 is 11.1 Å². The highest BCUT2D eigenvalue weighted by molar-refractivity contribution is 5.94. The van der Waals surface area contributed by atoms with Crippen molar-refractivity contribution in [2.24, 2.45) is 5.73 Å². The van der Waals surface area contributed by atoms with Gasteiger partial charge in [-0.15, -0.1) is 0 Å². The Morgan fingerprint density at radius 3 is 2.50 bits per heavy atom. The van der Waals surface area contributed by atoms with Crippen molar-refractivity contribution < 1.29 is 9.90 Å². The summed E-state index contributed by atoms with van der Waals surface area (Å²) >= 11 is 0. The molecular weight excluding hydrogens is 254 g/mol. The van der Waals surface area contributed by atoms with Gasteiger partial charge >= 0.3 is 0 Å². The van der Waals surface area contributed by atoms with E-state index in [4.69, 9.17) is 10.8 Å². The predicted molar refractivity (Wildman–Crippen MR) is 81.4 cm³/mol. The van der Waals surface area contributed by atoms with Gasteiger partial charge in [0, 0.05) is 5.69 Å². The number of amides is 1. The van der Waals surface area contributed by atoms with Gasteiger partial charge in [-0.2, -0.15) is 0 Å². The smallest absolute Gasteiger partial charge is 0.241 e. The summed E-state index contributed by atoms with van der Waals surface area (Å²) in [5, 5.41) is 11.7. The minimum atomic E-state index is -0.477. The summed E-state index contributed by atoms with van der Waals surface area (Å²) in [5.41, 5.74) is 7.39. The topological polar surface area (TPSA) is 78.6 Å². The number of nitrogens with one attached hydrogen (secondary N) is 1. The average Bonchev–Trinajstić information content (AvgIpc) is 2.44. The summed E-state index contributed by atoms with van der Waals surface area (Å²) < 4.78 is 0. The highest BCUT2D eigenvalue weighted by Crippen LogP contribution is 2.10. The van der Waals surface area contributed by atoms with Crippen molar-refractivity contribution >= 4 is 11.6 Å². The van der Waals surface area contributed by atoms with Crippen LogP contribution in [0.2, 0.25) is 0 Å². The minimum Gasteiger partial charge on any atom is -0.392 e. The first-order chi connectivity index (χ1) is 9.52. The number of nitrogens with two attached hydrogens (primary N) is 1. The molecule has 1 aromatic carbocycles. The van der Waals surface area contributed by atoms with Gasteiger partial charge in [0.2, 0.25) is 5.91 Å². The van der Waals surface area contributed by atoms with Crippen molar-refractivity contribution in [1.82, 2.24) is 4.90 Å². The van der Waals surface area contributed by atoms with Gasteiger partial charge in [-0.05, 0) is 51.2 Å². The molecule has 0 aliphatic heterocycles. The Morgan fingerprint density at radius 1 is 1.30 bits per heavy atom. The lowest BCUT2D eigenvalue weighted by molar-refractivity contribution is -0.117. The molecule has 0 aliphatic carbocycles. The van der Waals surface area contributed by atoms with Crippen molar-refractivity contribution in [3.05, 3.63) is 29.8 Å². The van der Waals surface area contributed by atoms with E-state index in [0.717, 1.165) is 24.9 Å². The Bertz CT molecular complexity index is 404. The lowest BCUT2D eigenvalue weighted by atomic mass is 10.1. The lowest BCUT2D eigenvalue weighted by Gasteiger charge is -2.13. The Labute approximate surface area is 120 Å². The number of aliphatic hydroxyl groups excluding tert-OH is 1. The van der Waals surface area contributed by atoms with Gasteiger partial charge in [0.25, 0.3) is 0 Å². The van der Waals surface area contributed by atoms with E-state index in [1.165, 1.54) is 0 Å². The number of hydrogen-bond donors (Lipinski definition) is 3. The number of unbranched alkanes of at least 4 members (excludes halogenated alkanes) is 1. The van der Waals surface area contributed by atoms with E-state index >= 15 is 0 Å². The van der Waals surface area contributed by atoms with Crippen molar-refractivity contribution in [3.63, 3.8) is 0 Å². The fourth-order valence-corrected chi connectivity index (χ4v) is 1.85. The Morgan fingerprint density at radius 2 is 1.95 bits per heavy atom. The summed E-state index contributed by atoms with van der Waals surface area (Å²) in [6.45, 7) is 1.01. The molecule has 0 aliphatic rings. The Hall–Kier alpha value is -1.43. The van der Waals surface area contributed by atoms with Gasteiger partial charge in [0.05, 0.1) is 12.6 Å². The van der Waals surface area contributed by atoms with Crippen LogP contribution in [0.5, 0.6) is 0 Å². The third kappa shape index (κ3) is 6.14. The third-order valence-electron chi connectivity index (χ3n) is 3.11. The molecule has 0 saturated heterocycles. The number of aliphatic hydroxyl groups is 1. The van der Waals surface area contributed by atoms with Gasteiger partial charge < -0.3 is 21.1 Å². The van der Waals surface area contributed by atoms with E-state index in [1.54, 1.807) is 24.3 Å². The van der Waals surface area contributed by atoms with E-state index in [1.807, 2.05) is 14.1 Å². The van der Waals surface area contributed by atoms with Crippen LogP contribution in [0.3, 0.4) is 0 Å². The van der Waals surface area contributed by atoms with Gasteiger partial charge in [-0.3, -0.25) is 4.79 Å².